The standard InChI is InChI=1S/C25H23N7O/c1-33-21-11-9-18(10-12-21)13-15-27-23-22-24(32(17-28-22)20-7-3-2-4-8-20)31-25(30-23)29-19-6-5-14-26-16-19/h2-12,14,16-17H,13,15H2,1H3,(H2,27,29,30,31). The molecule has 0 aliphatic heterocycles. The Morgan fingerprint density at radius 2 is 1.79 bits per heavy atom. The van der Waals surface area contributed by atoms with E-state index in [2.05, 4.69) is 32.7 Å². The van der Waals surface area contributed by atoms with Crippen molar-refractivity contribution < 1.29 is 4.74 Å². The number of nitrogens with zero attached hydrogens (tertiary/aromatic N) is 5. The molecule has 3 heterocycles. The molecule has 8 heteroatoms. The molecule has 0 atom stereocenters. The smallest absolute Gasteiger partial charge is 0.231 e. The van der Waals surface area contributed by atoms with Crippen molar-refractivity contribution in [3.8, 4) is 11.4 Å². The van der Waals surface area contributed by atoms with Gasteiger partial charge < -0.3 is 15.4 Å². The Labute approximate surface area is 191 Å². The molecule has 3 aromatic heterocycles. The fraction of sp³-hybridized carbons (Fsp3) is 0.120. The highest BCUT2D eigenvalue weighted by Crippen LogP contribution is 2.25. The Balaban J connectivity index is 1.45. The molecule has 5 rings (SSSR count). The lowest BCUT2D eigenvalue weighted by Crippen LogP contribution is -2.09. The third-order valence-electron chi connectivity index (χ3n) is 5.21. The number of hydrogen-bond donors (Lipinski definition) is 2. The maximum Gasteiger partial charge on any atom is 0.231 e. The molecule has 5 aromatic rings. The number of anilines is 3. The van der Waals surface area contributed by atoms with Crippen molar-refractivity contribution in [1.82, 2.24) is 24.5 Å². The van der Waals surface area contributed by atoms with Gasteiger partial charge in [-0.1, -0.05) is 30.3 Å². The first-order chi connectivity index (χ1) is 16.3. The van der Waals surface area contributed by atoms with Crippen LogP contribution in [0.5, 0.6) is 5.75 Å². The Hall–Kier alpha value is -4.46. The van der Waals surface area contributed by atoms with Crippen LogP contribution in [0, 0.1) is 0 Å². The summed E-state index contributed by atoms with van der Waals surface area (Å²) in [7, 11) is 1.67. The molecule has 2 aromatic carbocycles. The van der Waals surface area contributed by atoms with Gasteiger partial charge in [-0.05, 0) is 48.4 Å². The van der Waals surface area contributed by atoms with Crippen LogP contribution in [0.25, 0.3) is 16.9 Å². The summed E-state index contributed by atoms with van der Waals surface area (Å²) in [6.45, 7) is 0.697. The van der Waals surface area contributed by atoms with Gasteiger partial charge in [0.25, 0.3) is 0 Å². The van der Waals surface area contributed by atoms with Gasteiger partial charge in [0.15, 0.2) is 17.0 Å². The number of para-hydroxylation sites is 1. The van der Waals surface area contributed by atoms with Crippen LogP contribution >= 0.6 is 0 Å². The quantitative estimate of drug-likeness (QED) is 0.366. The SMILES string of the molecule is COc1ccc(CCNc2nc(Nc3cccnc3)nc3c2ncn3-c2ccccc2)cc1. The molecule has 164 valence electrons. The van der Waals surface area contributed by atoms with E-state index in [-0.39, 0.29) is 0 Å². The van der Waals surface area contributed by atoms with Gasteiger partial charge in [-0.15, -0.1) is 0 Å². The lowest BCUT2D eigenvalue weighted by atomic mass is 10.1. The third-order valence-corrected chi connectivity index (χ3v) is 5.21. The summed E-state index contributed by atoms with van der Waals surface area (Å²) in [5.74, 6) is 2.00. The van der Waals surface area contributed by atoms with Gasteiger partial charge in [-0.2, -0.15) is 9.97 Å². The van der Waals surface area contributed by atoms with Gasteiger partial charge in [-0.3, -0.25) is 9.55 Å². The zero-order valence-corrected chi connectivity index (χ0v) is 18.1. The normalized spacial score (nSPS) is 10.8. The van der Waals surface area contributed by atoms with E-state index in [0.717, 1.165) is 29.2 Å². The maximum atomic E-state index is 5.24. The van der Waals surface area contributed by atoms with E-state index in [4.69, 9.17) is 14.7 Å². The van der Waals surface area contributed by atoms with Crippen LogP contribution in [0.3, 0.4) is 0 Å². The molecule has 0 saturated heterocycles. The molecule has 33 heavy (non-hydrogen) atoms. The van der Waals surface area contributed by atoms with E-state index in [0.29, 0.717) is 23.8 Å². The minimum atomic E-state index is 0.472. The average Bonchev–Trinajstić information content (AvgIpc) is 3.30. The van der Waals surface area contributed by atoms with Gasteiger partial charge in [0.2, 0.25) is 5.95 Å². The molecule has 0 spiro atoms. The minimum Gasteiger partial charge on any atom is -0.497 e. The highest BCUT2D eigenvalue weighted by atomic mass is 16.5. The Kier molecular flexibility index (Phi) is 5.79. The number of nitrogens with one attached hydrogen (secondary N) is 2. The monoisotopic (exact) mass is 437 g/mol. The number of rotatable bonds is 8. The van der Waals surface area contributed by atoms with Crippen LogP contribution in [0.15, 0.2) is 85.5 Å². The van der Waals surface area contributed by atoms with Crippen LogP contribution in [0.4, 0.5) is 17.5 Å². The molecule has 0 radical (unpaired) electrons. The molecule has 0 fully saturated rings. The number of imidazole rings is 1. The zero-order valence-electron chi connectivity index (χ0n) is 18.1. The lowest BCUT2D eigenvalue weighted by molar-refractivity contribution is 0.414. The van der Waals surface area contributed by atoms with Gasteiger partial charge in [0.1, 0.15) is 12.1 Å². The number of benzene rings is 2. The number of pyridine rings is 1. The molecule has 0 amide bonds. The minimum absolute atomic E-state index is 0.472. The van der Waals surface area contributed by atoms with Crippen LogP contribution in [-0.2, 0) is 6.42 Å². The summed E-state index contributed by atoms with van der Waals surface area (Å²) in [5.41, 5.74) is 4.43. The fourth-order valence-corrected chi connectivity index (χ4v) is 3.54. The number of fused-ring (bicyclic) bond motifs is 1. The van der Waals surface area contributed by atoms with E-state index in [9.17, 15) is 0 Å². The Morgan fingerprint density at radius 1 is 0.939 bits per heavy atom. The van der Waals surface area contributed by atoms with E-state index in [1.54, 1.807) is 25.8 Å². The molecular formula is C25H23N7O. The second-order valence-corrected chi connectivity index (χ2v) is 7.41. The van der Waals surface area contributed by atoms with E-state index >= 15 is 0 Å². The molecule has 0 aliphatic rings. The van der Waals surface area contributed by atoms with E-state index in [1.807, 2.05) is 59.2 Å². The second kappa shape index (κ2) is 9.35. The summed E-state index contributed by atoms with van der Waals surface area (Å²) in [5, 5.41) is 6.69. The first-order valence-electron chi connectivity index (χ1n) is 10.6. The fourth-order valence-electron chi connectivity index (χ4n) is 3.54. The molecule has 0 aliphatic carbocycles. The third kappa shape index (κ3) is 4.59. The molecule has 2 N–H and O–H groups in total. The van der Waals surface area contributed by atoms with Crippen molar-refractivity contribution in [2.24, 2.45) is 0 Å². The number of hydrogen-bond acceptors (Lipinski definition) is 7. The molecule has 0 bridgehead atoms. The molecule has 0 unspecified atom stereocenters. The maximum absolute atomic E-state index is 5.24. The number of methoxy groups -OCH3 is 1. The highest BCUT2D eigenvalue weighted by Gasteiger charge is 2.14. The zero-order chi connectivity index (χ0) is 22.5. The van der Waals surface area contributed by atoms with E-state index < -0.39 is 0 Å². The van der Waals surface area contributed by atoms with Gasteiger partial charge in [0.05, 0.1) is 19.0 Å². The van der Waals surface area contributed by atoms with Crippen LogP contribution in [0.1, 0.15) is 5.56 Å². The number of aromatic nitrogens is 5. The molecular weight excluding hydrogens is 414 g/mol. The topological polar surface area (TPSA) is 89.8 Å². The predicted octanol–water partition coefficient (Wildman–Crippen LogP) is 4.62. The Morgan fingerprint density at radius 3 is 2.55 bits per heavy atom. The largest absolute Gasteiger partial charge is 0.497 e. The van der Waals surface area contributed by atoms with Gasteiger partial charge in [-0.25, -0.2) is 4.98 Å². The van der Waals surface area contributed by atoms with Crippen LogP contribution in [0.2, 0.25) is 0 Å². The van der Waals surface area contributed by atoms with Crippen molar-refractivity contribution in [3.63, 3.8) is 0 Å². The molecule has 8 nitrogen and oxygen atoms in total. The average molecular weight is 438 g/mol. The van der Waals surface area contributed by atoms with Crippen molar-refractivity contribution in [2.45, 2.75) is 6.42 Å². The summed E-state index contributed by atoms with van der Waals surface area (Å²) in [6, 6.07) is 21.9. The lowest BCUT2D eigenvalue weighted by Gasteiger charge is -2.11. The number of ether oxygens (including phenoxy) is 1. The van der Waals surface area contributed by atoms with Gasteiger partial charge >= 0.3 is 0 Å². The molecule has 0 saturated carbocycles. The first kappa shape index (κ1) is 20.4. The van der Waals surface area contributed by atoms with Crippen molar-refractivity contribution in [3.05, 3.63) is 91.0 Å². The first-order valence-corrected chi connectivity index (χ1v) is 10.6. The van der Waals surface area contributed by atoms with Crippen molar-refractivity contribution in [1.29, 1.82) is 0 Å². The van der Waals surface area contributed by atoms with Crippen LogP contribution < -0.4 is 15.4 Å². The van der Waals surface area contributed by atoms with Crippen molar-refractivity contribution in [2.75, 3.05) is 24.3 Å². The summed E-state index contributed by atoms with van der Waals surface area (Å²) in [4.78, 5) is 18.2. The Bertz CT molecular complexity index is 1340. The summed E-state index contributed by atoms with van der Waals surface area (Å²) in [6.07, 6.45) is 6.07. The predicted molar refractivity (Wildman–Crippen MR) is 129 cm³/mol. The van der Waals surface area contributed by atoms with Crippen molar-refractivity contribution >= 4 is 28.6 Å². The van der Waals surface area contributed by atoms with E-state index in [1.165, 1.54) is 5.56 Å². The van der Waals surface area contributed by atoms with Crippen LogP contribution in [-0.4, -0.2) is 38.2 Å². The summed E-state index contributed by atoms with van der Waals surface area (Å²) < 4.78 is 7.20. The highest BCUT2D eigenvalue weighted by molar-refractivity contribution is 5.85. The summed E-state index contributed by atoms with van der Waals surface area (Å²) >= 11 is 0. The second-order valence-electron chi connectivity index (χ2n) is 7.41. The van der Waals surface area contributed by atoms with Gasteiger partial charge in [0, 0.05) is 18.4 Å².